The van der Waals surface area contributed by atoms with E-state index in [0.29, 0.717) is 0 Å². The normalized spacial score (nSPS) is 20.5. The summed E-state index contributed by atoms with van der Waals surface area (Å²) in [4.78, 5) is 9.57. The maximum Gasteiger partial charge on any atom is 0.170 e. The monoisotopic (exact) mass is 511 g/mol. The highest BCUT2D eigenvalue weighted by molar-refractivity contribution is 7.80. The molecule has 2 atom stereocenters. The second-order valence-corrected chi connectivity index (χ2v) is 10.3. The number of aromatic nitrogens is 2. The average Bonchev–Trinajstić information content (AvgIpc) is 3.42. The largest absolute Gasteiger partial charge is 0.379 e. The van der Waals surface area contributed by atoms with E-state index in [1.165, 1.54) is 33.4 Å². The second-order valence-electron chi connectivity index (χ2n) is 9.93. The molecule has 0 amide bonds. The molecule has 7 heteroatoms. The van der Waals surface area contributed by atoms with Gasteiger partial charge in [-0.1, -0.05) is 42.5 Å². The van der Waals surface area contributed by atoms with Crippen molar-refractivity contribution in [1.29, 1.82) is 0 Å². The Bertz CT molecular complexity index is 1410. The van der Waals surface area contributed by atoms with Gasteiger partial charge in [0, 0.05) is 49.1 Å². The van der Waals surface area contributed by atoms with Crippen LogP contribution in [0.15, 0.2) is 72.9 Å². The van der Waals surface area contributed by atoms with Crippen LogP contribution in [0, 0.1) is 13.8 Å². The van der Waals surface area contributed by atoms with Gasteiger partial charge in [-0.15, -0.1) is 0 Å². The number of hydrogen-bond donors (Lipinski definition) is 1. The van der Waals surface area contributed by atoms with E-state index in [4.69, 9.17) is 21.9 Å². The van der Waals surface area contributed by atoms with Gasteiger partial charge in [0.1, 0.15) is 0 Å². The molecule has 0 aliphatic carbocycles. The van der Waals surface area contributed by atoms with Gasteiger partial charge in [0.15, 0.2) is 5.11 Å². The van der Waals surface area contributed by atoms with Gasteiger partial charge in [-0.25, -0.2) is 0 Å². The lowest BCUT2D eigenvalue weighted by atomic mass is 9.96. The number of pyridine rings is 1. The Balaban J connectivity index is 1.42. The van der Waals surface area contributed by atoms with Gasteiger partial charge in [0.05, 0.1) is 36.7 Å². The highest BCUT2D eigenvalue weighted by atomic mass is 32.1. The van der Waals surface area contributed by atoms with Gasteiger partial charge in [-0.05, 0) is 61.3 Å². The van der Waals surface area contributed by atoms with E-state index in [0.717, 1.165) is 50.2 Å². The summed E-state index contributed by atoms with van der Waals surface area (Å²) in [6.07, 6.45) is 1.87. The van der Waals surface area contributed by atoms with Crippen LogP contribution in [0.2, 0.25) is 0 Å². The minimum Gasteiger partial charge on any atom is -0.379 e. The van der Waals surface area contributed by atoms with Gasteiger partial charge < -0.3 is 19.5 Å². The van der Waals surface area contributed by atoms with Gasteiger partial charge in [0.25, 0.3) is 0 Å². The number of hydrogen-bond acceptors (Lipinski definition) is 4. The van der Waals surface area contributed by atoms with Gasteiger partial charge in [0.2, 0.25) is 0 Å². The van der Waals surface area contributed by atoms with Crippen molar-refractivity contribution in [2.75, 3.05) is 39.4 Å². The van der Waals surface area contributed by atoms with Crippen LogP contribution in [-0.2, 0) is 4.74 Å². The molecule has 2 aromatic heterocycles. The quantitative estimate of drug-likeness (QED) is 0.370. The zero-order valence-electron chi connectivity index (χ0n) is 21.4. The first-order valence-corrected chi connectivity index (χ1v) is 13.5. The molecule has 0 bridgehead atoms. The Morgan fingerprint density at radius 1 is 0.973 bits per heavy atom. The third-order valence-electron chi connectivity index (χ3n) is 7.76. The fourth-order valence-electron chi connectivity index (χ4n) is 5.92. The summed E-state index contributed by atoms with van der Waals surface area (Å²) in [6.45, 7) is 9.80. The summed E-state index contributed by atoms with van der Waals surface area (Å²) in [5, 5.41) is 6.92. The SMILES string of the molecule is Cc1cc([C@@H]2[C@H](c3ccccn3)NC(=S)N2CCN2CCOCC2)c(C)n1-c1cccc2ccccc12. The Labute approximate surface area is 223 Å². The molecule has 0 unspecified atom stereocenters. The smallest absolute Gasteiger partial charge is 0.170 e. The second kappa shape index (κ2) is 10.2. The first-order chi connectivity index (χ1) is 18.1. The van der Waals surface area contributed by atoms with Crippen LogP contribution in [0.3, 0.4) is 0 Å². The molecule has 2 aliphatic heterocycles. The van der Waals surface area contributed by atoms with Crippen molar-refractivity contribution in [2.24, 2.45) is 0 Å². The first kappa shape index (κ1) is 24.1. The minimum atomic E-state index is -0.0140. The fraction of sp³-hybridized carbons (Fsp3) is 0.333. The molecule has 4 heterocycles. The molecule has 2 fully saturated rings. The van der Waals surface area contributed by atoms with Crippen LogP contribution >= 0.6 is 12.2 Å². The van der Waals surface area contributed by atoms with Crippen molar-refractivity contribution < 1.29 is 4.74 Å². The van der Waals surface area contributed by atoms with Crippen LogP contribution in [-0.4, -0.2) is 63.9 Å². The molecule has 6 nitrogen and oxygen atoms in total. The maximum atomic E-state index is 5.94. The Morgan fingerprint density at radius 2 is 1.76 bits per heavy atom. The Hall–Kier alpha value is -3.26. The van der Waals surface area contributed by atoms with Crippen molar-refractivity contribution in [3.8, 4) is 5.69 Å². The summed E-state index contributed by atoms with van der Waals surface area (Å²) in [6, 6.07) is 23.6. The van der Waals surface area contributed by atoms with Gasteiger partial charge >= 0.3 is 0 Å². The van der Waals surface area contributed by atoms with E-state index in [2.05, 4.69) is 94.2 Å². The van der Waals surface area contributed by atoms with Gasteiger partial charge in [-0.3, -0.25) is 9.88 Å². The van der Waals surface area contributed by atoms with Crippen molar-refractivity contribution in [2.45, 2.75) is 25.9 Å². The molecule has 4 aromatic rings. The van der Waals surface area contributed by atoms with E-state index in [1.807, 2.05) is 12.3 Å². The van der Waals surface area contributed by atoms with E-state index in [9.17, 15) is 0 Å². The van der Waals surface area contributed by atoms with Crippen molar-refractivity contribution in [3.63, 3.8) is 0 Å². The van der Waals surface area contributed by atoms with Crippen LogP contribution in [0.1, 0.15) is 34.7 Å². The number of benzene rings is 2. The van der Waals surface area contributed by atoms with E-state index < -0.39 is 0 Å². The van der Waals surface area contributed by atoms with Crippen LogP contribution in [0.5, 0.6) is 0 Å². The topological polar surface area (TPSA) is 45.6 Å². The zero-order valence-corrected chi connectivity index (χ0v) is 22.2. The Kier molecular flexibility index (Phi) is 6.67. The third-order valence-corrected chi connectivity index (χ3v) is 8.11. The number of morpholine rings is 1. The summed E-state index contributed by atoms with van der Waals surface area (Å²) in [5.41, 5.74) is 5.97. The average molecular weight is 512 g/mol. The van der Waals surface area contributed by atoms with Crippen LogP contribution in [0.25, 0.3) is 16.5 Å². The number of nitrogens with one attached hydrogen (secondary N) is 1. The zero-order chi connectivity index (χ0) is 25.4. The number of thiocarbonyl (C=S) groups is 1. The van der Waals surface area contributed by atoms with E-state index in [-0.39, 0.29) is 12.1 Å². The van der Waals surface area contributed by atoms with Gasteiger partial charge in [-0.2, -0.15) is 0 Å². The molecule has 0 saturated carbocycles. The summed E-state index contributed by atoms with van der Waals surface area (Å²) in [7, 11) is 0. The number of nitrogens with zero attached hydrogens (tertiary/aromatic N) is 4. The minimum absolute atomic E-state index is 0.0140. The Morgan fingerprint density at radius 3 is 2.57 bits per heavy atom. The summed E-state index contributed by atoms with van der Waals surface area (Å²) < 4.78 is 7.96. The molecular weight excluding hydrogens is 478 g/mol. The third kappa shape index (κ3) is 4.52. The highest BCUT2D eigenvalue weighted by Crippen LogP contribution is 2.41. The molecular formula is C30H33N5OS. The summed E-state index contributed by atoms with van der Waals surface area (Å²) >= 11 is 5.94. The lowest BCUT2D eigenvalue weighted by Crippen LogP contribution is -2.42. The number of rotatable bonds is 6. The lowest BCUT2D eigenvalue weighted by molar-refractivity contribution is 0.0350. The fourth-order valence-corrected chi connectivity index (χ4v) is 6.25. The highest BCUT2D eigenvalue weighted by Gasteiger charge is 2.41. The molecule has 6 rings (SSSR count). The molecule has 190 valence electrons. The number of aryl methyl sites for hydroxylation is 1. The van der Waals surface area contributed by atoms with Crippen LogP contribution in [0.4, 0.5) is 0 Å². The molecule has 2 aromatic carbocycles. The standard InChI is InChI=1S/C30H33N5OS/c1-21-20-25(22(2)35(21)27-12-7-9-23-8-3-4-10-24(23)27)29-28(26-11-5-6-13-31-26)32-30(37)34(29)15-14-33-16-18-36-19-17-33/h3-13,20,28-29H,14-19H2,1-2H3,(H,32,37)/t28-,29+/m0/s1. The predicted molar refractivity (Wildman–Crippen MR) is 152 cm³/mol. The van der Waals surface area contributed by atoms with Crippen LogP contribution < -0.4 is 5.32 Å². The number of ether oxygens (including phenoxy) is 1. The summed E-state index contributed by atoms with van der Waals surface area (Å²) in [5.74, 6) is 0. The maximum absolute atomic E-state index is 5.94. The molecule has 0 spiro atoms. The first-order valence-electron chi connectivity index (χ1n) is 13.1. The predicted octanol–water partition coefficient (Wildman–Crippen LogP) is 4.95. The molecule has 2 aliphatic rings. The number of fused-ring (bicyclic) bond motifs is 1. The van der Waals surface area contributed by atoms with Crippen molar-refractivity contribution >= 4 is 28.1 Å². The molecule has 0 radical (unpaired) electrons. The molecule has 1 N–H and O–H groups in total. The lowest BCUT2D eigenvalue weighted by Gasteiger charge is -2.32. The van der Waals surface area contributed by atoms with E-state index in [1.54, 1.807) is 0 Å². The molecule has 2 saturated heterocycles. The van der Waals surface area contributed by atoms with Crippen molar-refractivity contribution in [1.82, 2.24) is 24.7 Å². The van der Waals surface area contributed by atoms with Crippen molar-refractivity contribution in [3.05, 3.63) is 95.6 Å². The van der Waals surface area contributed by atoms with E-state index >= 15 is 0 Å². The molecule has 37 heavy (non-hydrogen) atoms.